The molecule has 0 aliphatic carbocycles. The minimum absolute atomic E-state index is 0.791. The zero-order chi connectivity index (χ0) is 19.6. The van der Waals surface area contributed by atoms with Crippen LogP contribution in [0.4, 0.5) is 0 Å². The fourth-order valence-electron chi connectivity index (χ4n) is 3.72. The van der Waals surface area contributed by atoms with Gasteiger partial charge in [0.25, 0.3) is 0 Å². The van der Waals surface area contributed by atoms with E-state index in [2.05, 4.69) is 83.8 Å². The third-order valence-electron chi connectivity index (χ3n) is 5.20. The molecular formula is C27H20N2. The van der Waals surface area contributed by atoms with Crippen LogP contribution < -0.4 is 0 Å². The minimum Gasteiger partial charge on any atom is -0.233 e. The second kappa shape index (κ2) is 7.33. The van der Waals surface area contributed by atoms with Gasteiger partial charge in [-0.05, 0) is 35.2 Å². The summed E-state index contributed by atoms with van der Waals surface area (Å²) in [6.45, 7) is 1.94. The zero-order valence-electron chi connectivity index (χ0n) is 16.2. The zero-order valence-corrected chi connectivity index (χ0v) is 16.2. The fourth-order valence-corrected chi connectivity index (χ4v) is 3.72. The van der Waals surface area contributed by atoms with Crippen LogP contribution in [-0.2, 0) is 0 Å². The highest BCUT2D eigenvalue weighted by atomic mass is 14.9. The lowest BCUT2D eigenvalue weighted by Gasteiger charge is -2.09. The molecule has 0 spiro atoms. The average molecular weight is 372 g/mol. The summed E-state index contributed by atoms with van der Waals surface area (Å²) in [7, 11) is 0. The summed E-state index contributed by atoms with van der Waals surface area (Å²) in [4.78, 5) is 9.26. The molecule has 0 unspecified atom stereocenters. The number of aromatic nitrogens is 2. The van der Waals surface area contributed by atoms with Crippen molar-refractivity contribution in [1.29, 1.82) is 0 Å². The Hall–Kier alpha value is -3.78. The molecule has 5 rings (SSSR count). The van der Waals surface area contributed by atoms with Crippen molar-refractivity contribution in [3.63, 3.8) is 0 Å². The number of aryl methyl sites for hydroxylation is 1. The van der Waals surface area contributed by atoms with Gasteiger partial charge in [-0.15, -0.1) is 0 Å². The lowest BCUT2D eigenvalue weighted by atomic mass is 9.98. The van der Waals surface area contributed by atoms with Gasteiger partial charge in [-0.3, -0.25) is 0 Å². The van der Waals surface area contributed by atoms with Gasteiger partial charge < -0.3 is 0 Å². The van der Waals surface area contributed by atoms with E-state index in [1.54, 1.807) is 0 Å². The Kier molecular flexibility index (Phi) is 4.38. The number of hydrogen-bond donors (Lipinski definition) is 0. The van der Waals surface area contributed by atoms with Crippen LogP contribution in [0.15, 0.2) is 103 Å². The summed E-state index contributed by atoms with van der Waals surface area (Å²) < 4.78 is 0. The molecule has 2 heteroatoms. The van der Waals surface area contributed by atoms with Crippen molar-refractivity contribution in [3.8, 4) is 33.5 Å². The molecule has 5 aromatic rings. The SMILES string of the molecule is Cc1nc(-c2ccc(-c3ccc(-c4ccccc4)cc3)cc2)c2ccccc2n1. The maximum Gasteiger partial charge on any atom is 0.126 e. The molecule has 29 heavy (non-hydrogen) atoms. The van der Waals surface area contributed by atoms with Crippen molar-refractivity contribution in [2.75, 3.05) is 0 Å². The predicted octanol–water partition coefficient (Wildman–Crippen LogP) is 6.94. The van der Waals surface area contributed by atoms with E-state index in [1.807, 2.05) is 31.2 Å². The monoisotopic (exact) mass is 372 g/mol. The van der Waals surface area contributed by atoms with Gasteiger partial charge in [0.15, 0.2) is 0 Å². The number of nitrogens with zero attached hydrogens (tertiary/aromatic N) is 2. The molecule has 138 valence electrons. The average Bonchev–Trinajstić information content (AvgIpc) is 2.79. The van der Waals surface area contributed by atoms with Crippen LogP contribution in [0.1, 0.15) is 5.82 Å². The smallest absolute Gasteiger partial charge is 0.126 e. The van der Waals surface area contributed by atoms with E-state index >= 15 is 0 Å². The van der Waals surface area contributed by atoms with Gasteiger partial charge in [0.1, 0.15) is 5.82 Å². The molecule has 0 bridgehead atoms. The first kappa shape index (κ1) is 17.3. The second-order valence-corrected chi connectivity index (χ2v) is 7.16. The normalized spacial score (nSPS) is 10.9. The van der Waals surface area contributed by atoms with Gasteiger partial charge >= 0.3 is 0 Å². The molecular weight excluding hydrogens is 352 g/mol. The first-order valence-electron chi connectivity index (χ1n) is 9.78. The molecule has 0 atom stereocenters. The molecule has 0 amide bonds. The molecule has 4 aromatic carbocycles. The van der Waals surface area contributed by atoms with Crippen LogP contribution in [0.25, 0.3) is 44.4 Å². The Labute approximate surface area is 170 Å². The summed E-state index contributed by atoms with van der Waals surface area (Å²) >= 11 is 0. The molecule has 0 saturated heterocycles. The maximum absolute atomic E-state index is 4.71. The molecule has 0 radical (unpaired) electrons. The Morgan fingerprint density at radius 1 is 0.448 bits per heavy atom. The lowest BCUT2D eigenvalue weighted by Crippen LogP contribution is -1.93. The summed E-state index contributed by atoms with van der Waals surface area (Å²) in [5.74, 6) is 0.791. The molecule has 0 aliphatic rings. The molecule has 2 nitrogen and oxygen atoms in total. The van der Waals surface area contributed by atoms with Crippen molar-refractivity contribution in [2.24, 2.45) is 0 Å². The largest absolute Gasteiger partial charge is 0.233 e. The van der Waals surface area contributed by atoms with E-state index in [4.69, 9.17) is 4.98 Å². The fraction of sp³-hybridized carbons (Fsp3) is 0.0370. The van der Waals surface area contributed by atoms with E-state index in [0.717, 1.165) is 28.0 Å². The van der Waals surface area contributed by atoms with E-state index < -0.39 is 0 Å². The maximum atomic E-state index is 4.71. The van der Waals surface area contributed by atoms with Crippen LogP contribution >= 0.6 is 0 Å². The molecule has 0 N–H and O–H groups in total. The van der Waals surface area contributed by atoms with Gasteiger partial charge in [0, 0.05) is 10.9 Å². The number of hydrogen-bond acceptors (Lipinski definition) is 2. The van der Waals surface area contributed by atoms with E-state index in [9.17, 15) is 0 Å². The quantitative estimate of drug-likeness (QED) is 0.343. The van der Waals surface area contributed by atoms with Crippen molar-refractivity contribution in [3.05, 3.63) is 109 Å². The van der Waals surface area contributed by atoms with E-state index in [1.165, 1.54) is 22.3 Å². The summed E-state index contributed by atoms with van der Waals surface area (Å²) in [5.41, 5.74) is 7.95. The third kappa shape index (κ3) is 3.41. The molecule has 0 saturated carbocycles. The molecule has 1 aromatic heterocycles. The third-order valence-corrected chi connectivity index (χ3v) is 5.20. The highest BCUT2D eigenvalue weighted by Gasteiger charge is 2.08. The number of rotatable bonds is 3. The summed E-state index contributed by atoms with van der Waals surface area (Å²) in [6.07, 6.45) is 0. The predicted molar refractivity (Wildman–Crippen MR) is 121 cm³/mol. The Bertz CT molecular complexity index is 1270. The molecule has 1 heterocycles. The summed E-state index contributed by atoms with van der Waals surface area (Å²) in [6, 6.07) is 36.0. The highest BCUT2D eigenvalue weighted by Crippen LogP contribution is 2.29. The highest BCUT2D eigenvalue weighted by molar-refractivity contribution is 5.92. The molecule has 0 aliphatic heterocycles. The summed E-state index contributed by atoms with van der Waals surface area (Å²) in [5, 5.41) is 1.08. The number of fused-ring (bicyclic) bond motifs is 1. The molecule has 0 fully saturated rings. The van der Waals surface area contributed by atoms with Gasteiger partial charge in [0.2, 0.25) is 0 Å². The number of benzene rings is 4. The van der Waals surface area contributed by atoms with Crippen LogP contribution in [0, 0.1) is 6.92 Å². The van der Waals surface area contributed by atoms with E-state index in [-0.39, 0.29) is 0 Å². The van der Waals surface area contributed by atoms with Crippen molar-refractivity contribution >= 4 is 10.9 Å². The van der Waals surface area contributed by atoms with Crippen molar-refractivity contribution in [1.82, 2.24) is 9.97 Å². The van der Waals surface area contributed by atoms with E-state index in [0.29, 0.717) is 0 Å². The lowest BCUT2D eigenvalue weighted by molar-refractivity contribution is 1.10. The van der Waals surface area contributed by atoms with Crippen LogP contribution in [0.2, 0.25) is 0 Å². The van der Waals surface area contributed by atoms with Gasteiger partial charge in [0.05, 0.1) is 11.2 Å². The Balaban J connectivity index is 1.48. The Morgan fingerprint density at radius 2 is 0.931 bits per heavy atom. The minimum atomic E-state index is 0.791. The van der Waals surface area contributed by atoms with Crippen molar-refractivity contribution < 1.29 is 0 Å². The topological polar surface area (TPSA) is 25.8 Å². The standard InChI is InChI=1S/C27H20N2/c1-19-28-26-10-6-5-9-25(26)27(29-19)24-17-15-23(16-18-24)22-13-11-21(12-14-22)20-7-3-2-4-8-20/h2-18H,1H3. The van der Waals surface area contributed by atoms with Crippen LogP contribution in [0.3, 0.4) is 0 Å². The first-order valence-corrected chi connectivity index (χ1v) is 9.78. The van der Waals surface area contributed by atoms with Crippen molar-refractivity contribution in [2.45, 2.75) is 6.92 Å². The van der Waals surface area contributed by atoms with Crippen LogP contribution in [0.5, 0.6) is 0 Å². The van der Waals surface area contributed by atoms with Gasteiger partial charge in [-0.25, -0.2) is 9.97 Å². The Morgan fingerprint density at radius 3 is 1.55 bits per heavy atom. The number of para-hydroxylation sites is 1. The van der Waals surface area contributed by atoms with Crippen LogP contribution in [-0.4, -0.2) is 9.97 Å². The van der Waals surface area contributed by atoms with Gasteiger partial charge in [-0.2, -0.15) is 0 Å². The van der Waals surface area contributed by atoms with Gasteiger partial charge in [-0.1, -0.05) is 97.1 Å². The second-order valence-electron chi connectivity index (χ2n) is 7.16. The first-order chi connectivity index (χ1) is 14.3.